The lowest BCUT2D eigenvalue weighted by Gasteiger charge is -2.33. The minimum Gasteiger partial charge on any atom is -0.355 e. The molecule has 3 rings (SSSR count). The number of amides is 1. The average molecular weight is 343 g/mol. The molecule has 1 N–H and O–H groups in total. The van der Waals surface area contributed by atoms with Crippen LogP contribution in [0.4, 0.5) is 0 Å². The van der Waals surface area contributed by atoms with Crippen molar-refractivity contribution in [3.8, 4) is 0 Å². The highest BCUT2D eigenvalue weighted by molar-refractivity contribution is 7.10. The van der Waals surface area contributed by atoms with Crippen molar-refractivity contribution in [3.05, 3.63) is 52.5 Å². The summed E-state index contributed by atoms with van der Waals surface area (Å²) in [6.07, 6.45) is 6.14. The van der Waals surface area contributed by atoms with Crippen LogP contribution in [0.3, 0.4) is 0 Å². The molecular formula is C19H25N3OS. The van der Waals surface area contributed by atoms with E-state index in [-0.39, 0.29) is 11.8 Å². The SMILES string of the molecule is CC(C(=O)NCC1CCCN(Cc2cccnc2)C1)c1cccs1. The van der Waals surface area contributed by atoms with Crippen LogP contribution in [0.1, 0.15) is 36.1 Å². The lowest BCUT2D eigenvalue weighted by molar-refractivity contribution is -0.122. The third-order valence-electron chi connectivity index (χ3n) is 4.66. The van der Waals surface area contributed by atoms with Gasteiger partial charge in [-0.15, -0.1) is 11.3 Å². The molecule has 2 aromatic heterocycles. The summed E-state index contributed by atoms with van der Waals surface area (Å²) in [7, 11) is 0. The molecule has 0 aromatic carbocycles. The fourth-order valence-electron chi connectivity index (χ4n) is 3.28. The molecule has 1 saturated heterocycles. The molecule has 2 aromatic rings. The van der Waals surface area contributed by atoms with Gasteiger partial charge in [0, 0.05) is 36.9 Å². The van der Waals surface area contributed by atoms with E-state index in [0.717, 1.165) is 31.1 Å². The van der Waals surface area contributed by atoms with E-state index >= 15 is 0 Å². The van der Waals surface area contributed by atoms with Gasteiger partial charge in [0.25, 0.3) is 0 Å². The first-order valence-corrected chi connectivity index (χ1v) is 9.52. The molecule has 1 fully saturated rings. The number of carbonyl (C=O) groups is 1. The number of thiophene rings is 1. The van der Waals surface area contributed by atoms with Crippen molar-refractivity contribution < 1.29 is 4.79 Å². The smallest absolute Gasteiger partial charge is 0.228 e. The molecule has 128 valence electrons. The molecule has 1 amide bonds. The van der Waals surface area contributed by atoms with Gasteiger partial charge in [-0.3, -0.25) is 14.7 Å². The number of nitrogens with one attached hydrogen (secondary N) is 1. The van der Waals surface area contributed by atoms with Crippen LogP contribution < -0.4 is 5.32 Å². The van der Waals surface area contributed by atoms with Crippen LogP contribution in [0.25, 0.3) is 0 Å². The second kappa shape index (κ2) is 8.40. The van der Waals surface area contributed by atoms with Crippen LogP contribution >= 0.6 is 11.3 Å². The Bertz CT molecular complexity index is 629. The van der Waals surface area contributed by atoms with E-state index in [1.54, 1.807) is 11.3 Å². The molecule has 2 atom stereocenters. The third kappa shape index (κ3) is 4.65. The number of pyridine rings is 1. The number of piperidine rings is 1. The van der Waals surface area contributed by atoms with Crippen LogP contribution in [-0.4, -0.2) is 35.4 Å². The normalized spacial score (nSPS) is 19.8. The summed E-state index contributed by atoms with van der Waals surface area (Å²) in [5.74, 6) is 0.622. The molecule has 0 bridgehead atoms. The summed E-state index contributed by atoms with van der Waals surface area (Å²) >= 11 is 1.65. The highest BCUT2D eigenvalue weighted by Crippen LogP contribution is 2.22. The maximum absolute atomic E-state index is 12.3. The predicted octanol–water partition coefficient (Wildman–Crippen LogP) is 3.28. The number of nitrogens with zero attached hydrogens (tertiary/aromatic N) is 2. The largest absolute Gasteiger partial charge is 0.355 e. The molecule has 0 radical (unpaired) electrons. The summed E-state index contributed by atoms with van der Waals surface area (Å²) in [4.78, 5) is 20.1. The molecule has 0 spiro atoms. The Kier molecular flexibility index (Phi) is 5.99. The number of aromatic nitrogens is 1. The van der Waals surface area contributed by atoms with Crippen LogP contribution in [0.15, 0.2) is 42.0 Å². The number of carbonyl (C=O) groups excluding carboxylic acids is 1. The average Bonchev–Trinajstić information content (AvgIpc) is 3.15. The Morgan fingerprint density at radius 3 is 3.12 bits per heavy atom. The van der Waals surface area contributed by atoms with Crippen molar-refractivity contribution in [2.24, 2.45) is 5.92 Å². The van der Waals surface area contributed by atoms with Gasteiger partial charge in [0.2, 0.25) is 5.91 Å². The van der Waals surface area contributed by atoms with E-state index in [4.69, 9.17) is 0 Å². The van der Waals surface area contributed by atoms with Gasteiger partial charge >= 0.3 is 0 Å². The fourth-order valence-corrected chi connectivity index (χ4v) is 4.06. The molecule has 0 aliphatic carbocycles. The van der Waals surface area contributed by atoms with E-state index in [0.29, 0.717) is 5.92 Å². The van der Waals surface area contributed by atoms with Gasteiger partial charge in [0.05, 0.1) is 5.92 Å². The molecular weight excluding hydrogens is 318 g/mol. The Hall–Kier alpha value is -1.72. The van der Waals surface area contributed by atoms with Crippen molar-refractivity contribution in [2.45, 2.75) is 32.2 Å². The quantitative estimate of drug-likeness (QED) is 0.875. The highest BCUT2D eigenvalue weighted by atomic mass is 32.1. The monoisotopic (exact) mass is 343 g/mol. The first-order chi connectivity index (χ1) is 11.7. The Morgan fingerprint density at radius 1 is 1.46 bits per heavy atom. The topological polar surface area (TPSA) is 45.2 Å². The first kappa shape index (κ1) is 17.1. The summed E-state index contributed by atoms with van der Waals surface area (Å²) in [6.45, 7) is 5.88. The standard InChI is InChI=1S/C19H25N3OS/c1-15(18-7-4-10-24-18)19(23)21-12-17-6-3-9-22(14-17)13-16-5-2-8-20-11-16/h2,4-5,7-8,10-11,15,17H,3,6,9,12-14H2,1H3,(H,21,23). The number of rotatable bonds is 6. The van der Waals surface area contributed by atoms with Crippen LogP contribution in [-0.2, 0) is 11.3 Å². The van der Waals surface area contributed by atoms with Crippen molar-refractivity contribution in [3.63, 3.8) is 0 Å². The zero-order valence-electron chi connectivity index (χ0n) is 14.1. The second-order valence-electron chi connectivity index (χ2n) is 6.59. The van der Waals surface area contributed by atoms with E-state index in [9.17, 15) is 4.79 Å². The Morgan fingerprint density at radius 2 is 2.38 bits per heavy atom. The zero-order chi connectivity index (χ0) is 16.8. The van der Waals surface area contributed by atoms with Gasteiger partial charge in [-0.2, -0.15) is 0 Å². The summed E-state index contributed by atoms with van der Waals surface area (Å²) in [5.41, 5.74) is 1.26. The van der Waals surface area contributed by atoms with Gasteiger partial charge in [0.15, 0.2) is 0 Å². The van der Waals surface area contributed by atoms with Crippen LogP contribution in [0.5, 0.6) is 0 Å². The van der Waals surface area contributed by atoms with Gasteiger partial charge < -0.3 is 5.32 Å². The van der Waals surface area contributed by atoms with Gasteiger partial charge in [-0.25, -0.2) is 0 Å². The van der Waals surface area contributed by atoms with Gasteiger partial charge in [0.1, 0.15) is 0 Å². The molecule has 24 heavy (non-hydrogen) atoms. The second-order valence-corrected chi connectivity index (χ2v) is 7.57. The lowest BCUT2D eigenvalue weighted by Crippen LogP contribution is -2.41. The fraction of sp³-hybridized carbons (Fsp3) is 0.474. The molecule has 1 aliphatic rings. The molecule has 4 nitrogen and oxygen atoms in total. The van der Waals surface area contributed by atoms with E-state index in [2.05, 4.69) is 21.3 Å². The van der Waals surface area contributed by atoms with Crippen LogP contribution in [0.2, 0.25) is 0 Å². The molecule has 2 unspecified atom stereocenters. The lowest BCUT2D eigenvalue weighted by atomic mass is 9.97. The Balaban J connectivity index is 1.46. The van der Waals surface area contributed by atoms with Crippen molar-refractivity contribution >= 4 is 17.2 Å². The zero-order valence-corrected chi connectivity index (χ0v) is 15.0. The number of likely N-dealkylation sites (tertiary alicyclic amines) is 1. The number of hydrogen-bond donors (Lipinski definition) is 1. The number of hydrogen-bond acceptors (Lipinski definition) is 4. The Labute approximate surface area is 147 Å². The highest BCUT2D eigenvalue weighted by Gasteiger charge is 2.22. The molecule has 5 heteroatoms. The summed E-state index contributed by atoms with van der Waals surface area (Å²) < 4.78 is 0. The molecule has 3 heterocycles. The maximum Gasteiger partial charge on any atom is 0.228 e. The van der Waals surface area contributed by atoms with Crippen molar-refractivity contribution in [1.82, 2.24) is 15.2 Å². The van der Waals surface area contributed by atoms with E-state index in [1.165, 1.54) is 18.4 Å². The minimum atomic E-state index is -0.0555. The minimum absolute atomic E-state index is 0.0555. The summed E-state index contributed by atoms with van der Waals surface area (Å²) in [5, 5.41) is 5.18. The van der Waals surface area contributed by atoms with E-state index in [1.807, 2.05) is 42.9 Å². The maximum atomic E-state index is 12.3. The first-order valence-electron chi connectivity index (χ1n) is 8.64. The van der Waals surface area contributed by atoms with Gasteiger partial charge in [-0.1, -0.05) is 12.1 Å². The predicted molar refractivity (Wildman–Crippen MR) is 98.0 cm³/mol. The van der Waals surface area contributed by atoms with Crippen molar-refractivity contribution in [2.75, 3.05) is 19.6 Å². The van der Waals surface area contributed by atoms with Crippen molar-refractivity contribution in [1.29, 1.82) is 0 Å². The van der Waals surface area contributed by atoms with Crippen LogP contribution in [0, 0.1) is 5.92 Å². The van der Waals surface area contributed by atoms with E-state index < -0.39 is 0 Å². The molecule has 1 aliphatic heterocycles. The molecule has 0 saturated carbocycles. The third-order valence-corrected chi connectivity index (χ3v) is 5.72. The van der Waals surface area contributed by atoms with Gasteiger partial charge in [-0.05, 0) is 55.3 Å². The summed E-state index contributed by atoms with van der Waals surface area (Å²) in [6, 6.07) is 8.15.